The van der Waals surface area contributed by atoms with Crippen LogP contribution < -0.4 is 15.6 Å². The number of aromatic nitrogens is 1. The Bertz CT molecular complexity index is 1110. The second kappa shape index (κ2) is 9.01. The molecule has 1 aromatic heterocycles. The molecule has 0 saturated heterocycles. The van der Waals surface area contributed by atoms with Crippen molar-refractivity contribution in [1.82, 2.24) is 10.3 Å². The first-order valence-electron chi connectivity index (χ1n) is 9.29. The number of benzene rings is 2. The van der Waals surface area contributed by atoms with E-state index in [1.54, 1.807) is 0 Å². The van der Waals surface area contributed by atoms with Gasteiger partial charge in [-0.2, -0.15) is 0 Å². The van der Waals surface area contributed by atoms with E-state index >= 15 is 0 Å². The quantitative estimate of drug-likeness (QED) is 0.344. The van der Waals surface area contributed by atoms with Crippen LogP contribution in [0.25, 0.3) is 10.9 Å². The Hall–Kier alpha value is -3.68. The van der Waals surface area contributed by atoms with Gasteiger partial charge in [0.1, 0.15) is 5.75 Å². The Morgan fingerprint density at radius 2 is 2.03 bits per heavy atom. The van der Waals surface area contributed by atoms with E-state index in [2.05, 4.69) is 17.2 Å². The molecule has 1 amide bonds. The predicted molar refractivity (Wildman–Crippen MR) is 109 cm³/mol. The van der Waals surface area contributed by atoms with Crippen LogP contribution in [-0.2, 0) is 6.54 Å². The lowest BCUT2D eigenvalue weighted by molar-refractivity contribution is -0.384. The number of hydrogen-bond acceptors (Lipinski definition) is 5. The Labute approximate surface area is 166 Å². The molecule has 150 valence electrons. The largest absolute Gasteiger partial charge is 0.494 e. The SMILES string of the molecule is CCCCOc1cccc(CNC(=O)c2cc(=O)[nH]c3ccc([N+](=O)[O-])cc23)c1. The zero-order valence-electron chi connectivity index (χ0n) is 15.9. The van der Waals surface area contributed by atoms with Crippen LogP contribution in [0.5, 0.6) is 5.75 Å². The van der Waals surface area contributed by atoms with Gasteiger partial charge in [0, 0.05) is 35.6 Å². The minimum atomic E-state index is -0.545. The number of nitrogens with zero attached hydrogens (tertiary/aromatic N) is 1. The highest BCUT2D eigenvalue weighted by Crippen LogP contribution is 2.22. The highest BCUT2D eigenvalue weighted by atomic mass is 16.6. The number of carbonyl (C=O) groups is 1. The van der Waals surface area contributed by atoms with Crippen LogP contribution in [0.1, 0.15) is 35.7 Å². The van der Waals surface area contributed by atoms with E-state index in [1.807, 2.05) is 24.3 Å². The fourth-order valence-corrected chi connectivity index (χ4v) is 2.90. The van der Waals surface area contributed by atoms with Crippen LogP contribution in [0.3, 0.4) is 0 Å². The summed E-state index contributed by atoms with van der Waals surface area (Å²) in [6.07, 6.45) is 2.00. The summed E-state index contributed by atoms with van der Waals surface area (Å²) >= 11 is 0. The highest BCUT2D eigenvalue weighted by molar-refractivity contribution is 6.06. The molecule has 0 fully saturated rings. The standard InChI is InChI=1S/C21H21N3O5/c1-2-3-9-29-16-6-4-5-14(10-16)13-22-21(26)18-12-20(25)23-19-8-7-15(24(27)28)11-17(18)19/h4-8,10-12H,2-3,9,13H2,1H3,(H,22,26)(H,23,25). The number of carbonyl (C=O) groups excluding carboxylic acids is 1. The summed E-state index contributed by atoms with van der Waals surface area (Å²) in [5.41, 5.74) is 0.674. The average Bonchev–Trinajstić information content (AvgIpc) is 2.71. The van der Waals surface area contributed by atoms with Gasteiger partial charge in [-0.25, -0.2) is 0 Å². The van der Waals surface area contributed by atoms with Crippen LogP contribution in [0, 0.1) is 10.1 Å². The van der Waals surface area contributed by atoms with E-state index in [4.69, 9.17) is 4.74 Å². The Kier molecular flexibility index (Phi) is 6.23. The molecule has 0 aliphatic heterocycles. The molecule has 0 radical (unpaired) electrons. The number of nitro benzene ring substituents is 1. The molecule has 0 saturated carbocycles. The summed E-state index contributed by atoms with van der Waals surface area (Å²) < 4.78 is 5.67. The fourth-order valence-electron chi connectivity index (χ4n) is 2.90. The second-order valence-electron chi connectivity index (χ2n) is 6.57. The van der Waals surface area contributed by atoms with Gasteiger partial charge in [0.15, 0.2) is 0 Å². The lowest BCUT2D eigenvalue weighted by Gasteiger charge is -2.10. The summed E-state index contributed by atoms with van der Waals surface area (Å²) in [5.74, 6) is 0.237. The van der Waals surface area contributed by atoms with Crippen molar-refractivity contribution in [2.45, 2.75) is 26.3 Å². The number of amides is 1. The maximum absolute atomic E-state index is 12.7. The maximum Gasteiger partial charge on any atom is 0.270 e. The third kappa shape index (κ3) is 4.98. The molecule has 2 N–H and O–H groups in total. The number of nitrogens with one attached hydrogen (secondary N) is 2. The smallest absolute Gasteiger partial charge is 0.270 e. The van der Waals surface area contributed by atoms with E-state index in [-0.39, 0.29) is 17.8 Å². The van der Waals surface area contributed by atoms with E-state index < -0.39 is 16.4 Å². The van der Waals surface area contributed by atoms with Gasteiger partial charge < -0.3 is 15.0 Å². The van der Waals surface area contributed by atoms with Crippen LogP contribution in [0.2, 0.25) is 0 Å². The van der Waals surface area contributed by atoms with Crippen molar-refractivity contribution in [3.05, 3.63) is 80.1 Å². The Balaban J connectivity index is 1.80. The van der Waals surface area contributed by atoms with Crippen LogP contribution >= 0.6 is 0 Å². The number of ether oxygens (including phenoxy) is 1. The number of nitro groups is 1. The van der Waals surface area contributed by atoms with Gasteiger partial charge in [-0.1, -0.05) is 25.5 Å². The molecule has 29 heavy (non-hydrogen) atoms. The number of unbranched alkanes of at least 4 members (excludes halogenated alkanes) is 1. The molecule has 3 rings (SSSR count). The zero-order valence-corrected chi connectivity index (χ0v) is 15.9. The lowest BCUT2D eigenvalue weighted by Crippen LogP contribution is -2.24. The predicted octanol–water partition coefficient (Wildman–Crippen LogP) is 3.55. The second-order valence-corrected chi connectivity index (χ2v) is 6.57. The van der Waals surface area contributed by atoms with Gasteiger partial charge >= 0.3 is 0 Å². The highest BCUT2D eigenvalue weighted by Gasteiger charge is 2.15. The molecule has 0 unspecified atom stereocenters. The van der Waals surface area contributed by atoms with Crippen LogP contribution in [0.15, 0.2) is 53.3 Å². The minimum absolute atomic E-state index is 0.0859. The summed E-state index contributed by atoms with van der Waals surface area (Å²) in [5, 5.41) is 14.1. The number of pyridine rings is 1. The number of non-ortho nitro benzene ring substituents is 1. The van der Waals surface area contributed by atoms with Crippen molar-refractivity contribution in [3.8, 4) is 5.75 Å². The van der Waals surface area contributed by atoms with Crippen LogP contribution in [0.4, 0.5) is 5.69 Å². The summed E-state index contributed by atoms with van der Waals surface area (Å²) in [4.78, 5) is 37.7. The lowest BCUT2D eigenvalue weighted by atomic mass is 10.1. The summed E-state index contributed by atoms with van der Waals surface area (Å²) in [7, 11) is 0. The first-order chi connectivity index (χ1) is 14.0. The number of rotatable bonds is 8. The molecule has 0 bridgehead atoms. The summed E-state index contributed by atoms with van der Waals surface area (Å²) in [6.45, 7) is 2.94. The number of aromatic amines is 1. The van der Waals surface area contributed by atoms with Crippen molar-refractivity contribution in [2.24, 2.45) is 0 Å². The molecule has 1 heterocycles. The van der Waals surface area contributed by atoms with Crippen molar-refractivity contribution in [2.75, 3.05) is 6.61 Å². The minimum Gasteiger partial charge on any atom is -0.494 e. The van der Waals surface area contributed by atoms with E-state index in [9.17, 15) is 19.7 Å². The first-order valence-corrected chi connectivity index (χ1v) is 9.29. The van der Waals surface area contributed by atoms with Gasteiger partial charge in [-0.3, -0.25) is 19.7 Å². The van der Waals surface area contributed by atoms with Crippen molar-refractivity contribution >= 4 is 22.5 Å². The molecule has 8 nitrogen and oxygen atoms in total. The maximum atomic E-state index is 12.7. The normalized spacial score (nSPS) is 10.7. The van der Waals surface area contributed by atoms with Crippen molar-refractivity contribution in [1.29, 1.82) is 0 Å². The zero-order chi connectivity index (χ0) is 20.8. The average molecular weight is 395 g/mol. The Morgan fingerprint density at radius 1 is 1.21 bits per heavy atom. The number of H-pyrrole nitrogens is 1. The van der Waals surface area contributed by atoms with Gasteiger partial charge in [0.2, 0.25) is 5.56 Å². The van der Waals surface area contributed by atoms with E-state index in [1.165, 1.54) is 18.2 Å². The third-order valence-corrected chi connectivity index (χ3v) is 4.40. The van der Waals surface area contributed by atoms with Crippen molar-refractivity contribution in [3.63, 3.8) is 0 Å². The molecule has 2 aromatic carbocycles. The molecular weight excluding hydrogens is 374 g/mol. The van der Waals surface area contributed by atoms with E-state index in [0.29, 0.717) is 17.5 Å². The van der Waals surface area contributed by atoms with Crippen LogP contribution in [-0.4, -0.2) is 22.4 Å². The molecular formula is C21H21N3O5. The number of hydrogen-bond donors (Lipinski definition) is 2. The molecule has 0 atom stereocenters. The van der Waals surface area contributed by atoms with E-state index in [0.717, 1.165) is 30.2 Å². The van der Waals surface area contributed by atoms with Crippen molar-refractivity contribution < 1.29 is 14.5 Å². The topological polar surface area (TPSA) is 114 Å². The molecule has 8 heteroatoms. The number of fused-ring (bicyclic) bond motifs is 1. The van der Waals surface area contributed by atoms with Gasteiger partial charge in [0.05, 0.1) is 17.1 Å². The molecule has 3 aromatic rings. The third-order valence-electron chi connectivity index (χ3n) is 4.40. The molecule has 0 aliphatic carbocycles. The van der Waals surface area contributed by atoms with Gasteiger partial charge in [-0.15, -0.1) is 0 Å². The Morgan fingerprint density at radius 3 is 2.79 bits per heavy atom. The van der Waals surface area contributed by atoms with Gasteiger partial charge in [0.25, 0.3) is 11.6 Å². The summed E-state index contributed by atoms with van der Waals surface area (Å²) in [6, 6.07) is 12.5. The molecule has 0 spiro atoms. The monoisotopic (exact) mass is 395 g/mol. The molecule has 0 aliphatic rings. The fraction of sp³-hybridized carbons (Fsp3) is 0.238. The van der Waals surface area contributed by atoms with Gasteiger partial charge in [-0.05, 0) is 30.2 Å². The first kappa shape index (κ1) is 20.1.